The molecule has 0 saturated heterocycles. The molecule has 100 valence electrons. The predicted octanol–water partition coefficient (Wildman–Crippen LogP) is 4.47. The van der Waals surface area contributed by atoms with Crippen molar-refractivity contribution in [1.82, 2.24) is 9.97 Å². The first-order valence-electron chi connectivity index (χ1n) is 6.31. The lowest BCUT2D eigenvalue weighted by atomic mass is 10.2. The monoisotopic (exact) mass is 284 g/mol. The summed E-state index contributed by atoms with van der Waals surface area (Å²) in [6.45, 7) is 1.92. The summed E-state index contributed by atoms with van der Waals surface area (Å²) in [5.41, 5.74) is 2.84. The molecule has 0 amide bonds. The highest BCUT2D eigenvalue weighted by molar-refractivity contribution is 6.17. The highest BCUT2D eigenvalue weighted by Gasteiger charge is 2.04. The molecule has 3 aromatic rings. The summed E-state index contributed by atoms with van der Waals surface area (Å²) >= 11 is 5.82. The minimum atomic E-state index is 0.455. The molecule has 2 heterocycles. The Morgan fingerprint density at radius 1 is 1.15 bits per heavy atom. The Kier molecular flexibility index (Phi) is 3.52. The van der Waals surface area contributed by atoms with Crippen LogP contribution in [0.5, 0.6) is 11.6 Å². The lowest BCUT2D eigenvalue weighted by Gasteiger charge is -2.07. The smallest absolute Gasteiger partial charge is 0.219 e. The van der Waals surface area contributed by atoms with Gasteiger partial charge in [0, 0.05) is 23.0 Å². The van der Waals surface area contributed by atoms with Gasteiger partial charge in [-0.2, -0.15) is 0 Å². The van der Waals surface area contributed by atoms with Crippen LogP contribution in [0.2, 0.25) is 0 Å². The third kappa shape index (κ3) is 2.58. The molecule has 4 heteroatoms. The van der Waals surface area contributed by atoms with Crippen molar-refractivity contribution in [3.63, 3.8) is 0 Å². The van der Waals surface area contributed by atoms with E-state index in [-0.39, 0.29) is 0 Å². The van der Waals surface area contributed by atoms with Gasteiger partial charge >= 0.3 is 0 Å². The van der Waals surface area contributed by atoms with Crippen LogP contribution in [-0.4, -0.2) is 9.97 Å². The standard InChI is InChI=1S/C16H13ClN2O/c1-11-13(9-17)6-7-16(19-11)20-14-8-12-4-2-3-5-15(12)18-10-14/h2-8,10H,9H2,1H3. The van der Waals surface area contributed by atoms with E-state index < -0.39 is 0 Å². The summed E-state index contributed by atoms with van der Waals surface area (Å²) in [6, 6.07) is 13.6. The number of para-hydroxylation sites is 1. The average Bonchev–Trinajstić information content (AvgIpc) is 2.47. The van der Waals surface area contributed by atoms with Crippen LogP contribution < -0.4 is 4.74 Å². The first kappa shape index (κ1) is 12.9. The summed E-state index contributed by atoms with van der Waals surface area (Å²) in [7, 11) is 0. The highest BCUT2D eigenvalue weighted by Crippen LogP contribution is 2.23. The Hall–Kier alpha value is -2.13. The summed E-state index contributed by atoms with van der Waals surface area (Å²) < 4.78 is 5.75. The summed E-state index contributed by atoms with van der Waals surface area (Å²) in [5.74, 6) is 1.68. The van der Waals surface area contributed by atoms with Crippen molar-refractivity contribution in [2.75, 3.05) is 0 Å². The van der Waals surface area contributed by atoms with Gasteiger partial charge in [0.25, 0.3) is 0 Å². The molecule has 0 radical (unpaired) electrons. The van der Waals surface area contributed by atoms with Crippen molar-refractivity contribution in [3.05, 3.63) is 59.9 Å². The van der Waals surface area contributed by atoms with Gasteiger partial charge in [-0.25, -0.2) is 4.98 Å². The van der Waals surface area contributed by atoms with Crippen LogP contribution in [0, 0.1) is 6.92 Å². The van der Waals surface area contributed by atoms with E-state index in [1.807, 2.05) is 49.4 Å². The Labute approximate surface area is 122 Å². The van der Waals surface area contributed by atoms with Crippen molar-refractivity contribution in [2.45, 2.75) is 12.8 Å². The van der Waals surface area contributed by atoms with E-state index in [0.29, 0.717) is 17.5 Å². The fraction of sp³-hybridized carbons (Fsp3) is 0.125. The first-order valence-corrected chi connectivity index (χ1v) is 6.85. The number of benzene rings is 1. The molecule has 0 bridgehead atoms. The Morgan fingerprint density at radius 3 is 2.80 bits per heavy atom. The van der Waals surface area contributed by atoms with Crippen LogP contribution in [0.25, 0.3) is 10.9 Å². The summed E-state index contributed by atoms with van der Waals surface area (Å²) in [5, 5.41) is 1.04. The van der Waals surface area contributed by atoms with E-state index in [0.717, 1.165) is 22.2 Å². The lowest BCUT2D eigenvalue weighted by Crippen LogP contribution is -1.94. The number of hydrogen-bond acceptors (Lipinski definition) is 3. The van der Waals surface area contributed by atoms with Crippen LogP contribution in [0.3, 0.4) is 0 Å². The van der Waals surface area contributed by atoms with Gasteiger partial charge in [-0.1, -0.05) is 24.3 Å². The van der Waals surface area contributed by atoms with E-state index >= 15 is 0 Å². The van der Waals surface area contributed by atoms with Crippen LogP contribution in [0.4, 0.5) is 0 Å². The summed E-state index contributed by atoms with van der Waals surface area (Å²) in [6.07, 6.45) is 1.70. The molecule has 0 spiro atoms. The zero-order valence-corrected chi connectivity index (χ0v) is 11.8. The molecule has 2 aromatic heterocycles. The quantitative estimate of drug-likeness (QED) is 0.666. The number of alkyl halides is 1. The van der Waals surface area contributed by atoms with Crippen LogP contribution >= 0.6 is 11.6 Å². The predicted molar refractivity (Wildman–Crippen MR) is 80.3 cm³/mol. The van der Waals surface area contributed by atoms with Crippen molar-refractivity contribution in [2.24, 2.45) is 0 Å². The van der Waals surface area contributed by atoms with Gasteiger partial charge in [-0.3, -0.25) is 4.98 Å². The van der Waals surface area contributed by atoms with Crippen molar-refractivity contribution in [1.29, 1.82) is 0 Å². The molecular formula is C16H13ClN2O. The molecule has 3 nitrogen and oxygen atoms in total. The SMILES string of the molecule is Cc1nc(Oc2cnc3ccccc3c2)ccc1CCl. The molecule has 0 unspecified atom stereocenters. The molecule has 3 rings (SSSR count). The maximum Gasteiger partial charge on any atom is 0.219 e. The van der Waals surface area contributed by atoms with E-state index in [9.17, 15) is 0 Å². The van der Waals surface area contributed by atoms with Gasteiger partial charge in [0.05, 0.1) is 11.7 Å². The number of pyridine rings is 2. The molecule has 0 atom stereocenters. The number of aryl methyl sites for hydroxylation is 1. The zero-order valence-electron chi connectivity index (χ0n) is 11.0. The molecule has 1 aromatic carbocycles. The maximum absolute atomic E-state index is 5.82. The Balaban J connectivity index is 1.90. The molecule has 0 fully saturated rings. The van der Waals surface area contributed by atoms with E-state index in [1.165, 1.54) is 0 Å². The topological polar surface area (TPSA) is 35.0 Å². The fourth-order valence-corrected chi connectivity index (χ4v) is 2.27. The second-order valence-corrected chi connectivity index (χ2v) is 4.76. The van der Waals surface area contributed by atoms with Gasteiger partial charge in [0.2, 0.25) is 5.88 Å². The summed E-state index contributed by atoms with van der Waals surface area (Å²) in [4.78, 5) is 8.74. The minimum absolute atomic E-state index is 0.455. The zero-order chi connectivity index (χ0) is 13.9. The van der Waals surface area contributed by atoms with Gasteiger partial charge in [0.15, 0.2) is 0 Å². The molecule has 20 heavy (non-hydrogen) atoms. The van der Waals surface area contributed by atoms with Gasteiger partial charge in [-0.15, -0.1) is 11.6 Å². The Bertz CT molecular complexity index is 758. The molecule has 0 aliphatic rings. The molecular weight excluding hydrogens is 272 g/mol. The lowest BCUT2D eigenvalue weighted by molar-refractivity contribution is 0.460. The molecule has 0 aliphatic heterocycles. The number of hydrogen-bond donors (Lipinski definition) is 0. The van der Waals surface area contributed by atoms with E-state index in [1.54, 1.807) is 6.20 Å². The van der Waals surface area contributed by atoms with Crippen molar-refractivity contribution in [3.8, 4) is 11.6 Å². The second kappa shape index (κ2) is 5.47. The van der Waals surface area contributed by atoms with Gasteiger partial charge in [0.1, 0.15) is 5.75 Å². The number of nitrogens with zero attached hydrogens (tertiary/aromatic N) is 2. The van der Waals surface area contributed by atoms with E-state index in [2.05, 4.69) is 9.97 Å². The maximum atomic E-state index is 5.82. The van der Waals surface area contributed by atoms with E-state index in [4.69, 9.17) is 16.3 Å². The molecule has 0 N–H and O–H groups in total. The third-order valence-electron chi connectivity index (χ3n) is 3.10. The normalized spacial score (nSPS) is 10.7. The fourth-order valence-electron chi connectivity index (χ4n) is 1.99. The van der Waals surface area contributed by atoms with Gasteiger partial charge < -0.3 is 4.74 Å². The minimum Gasteiger partial charge on any atom is -0.437 e. The number of rotatable bonds is 3. The van der Waals surface area contributed by atoms with Crippen molar-refractivity contribution >= 4 is 22.5 Å². The largest absolute Gasteiger partial charge is 0.437 e. The van der Waals surface area contributed by atoms with Crippen LogP contribution in [0.1, 0.15) is 11.3 Å². The first-order chi connectivity index (χ1) is 9.76. The van der Waals surface area contributed by atoms with Crippen molar-refractivity contribution < 1.29 is 4.74 Å². The number of aromatic nitrogens is 2. The molecule has 0 aliphatic carbocycles. The number of ether oxygens (including phenoxy) is 1. The van der Waals surface area contributed by atoms with Gasteiger partial charge in [-0.05, 0) is 24.6 Å². The Morgan fingerprint density at radius 2 is 2.00 bits per heavy atom. The third-order valence-corrected chi connectivity index (χ3v) is 3.39. The average molecular weight is 285 g/mol. The molecule has 0 saturated carbocycles. The number of fused-ring (bicyclic) bond motifs is 1. The van der Waals surface area contributed by atoms with Crippen LogP contribution in [0.15, 0.2) is 48.7 Å². The second-order valence-electron chi connectivity index (χ2n) is 4.49. The number of halogens is 1. The van der Waals surface area contributed by atoms with Crippen LogP contribution in [-0.2, 0) is 5.88 Å². The highest BCUT2D eigenvalue weighted by atomic mass is 35.5.